The molecule has 2 atom stereocenters. The molecule has 0 aliphatic heterocycles. The first-order chi connectivity index (χ1) is 9.42. The Morgan fingerprint density at radius 1 is 0.789 bits per heavy atom. The number of thiophene rings is 1. The molecule has 1 saturated carbocycles. The number of fused-ring (bicyclic) bond motifs is 1. The summed E-state index contributed by atoms with van der Waals surface area (Å²) in [6.45, 7) is 0. The fourth-order valence-corrected chi connectivity index (χ4v) is 3.98. The van der Waals surface area contributed by atoms with Gasteiger partial charge in [0.05, 0.1) is 0 Å². The van der Waals surface area contributed by atoms with E-state index in [0.717, 1.165) is 5.92 Å². The molecule has 1 aliphatic rings. The van der Waals surface area contributed by atoms with Crippen molar-refractivity contribution in [3.05, 3.63) is 71.1 Å². The maximum Gasteiger partial charge on any atom is 0.0342 e. The summed E-state index contributed by atoms with van der Waals surface area (Å²) in [5, 5.41) is 3.59. The standard InChI is InChI=1S/C18H16S/c1-2-4-13(5-3-1)16-7-8-17(16)14-6-9-18-15(12-14)10-11-19-18/h1-6,9-12,16-17H,7-8H2. The van der Waals surface area contributed by atoms with E-state index in [2.05, 4.69) is 60.0 Å². The van der Waals surface area contributed by atoms with Gasteiger partial charge in [0.1, 0.15) is 0 Å². The Kier molecular flexibility index (Phi) is 2.66. The normalized spacial score (nSPS) is 22.3. The molecule has 0 nitrogen and oxygen atoms in total. The van der Waals surface area contributed by atoms with Gasteiger partial charge in [-0.25, -0.2) is 0 Å². The third-order valence-corrected chi connectivity index (χ3v) is 5.30. The Labute approximate surface area is 117 Å². The molecule has 19 heavy (non-hydrogen) atoms. The van der Waals surface area contributed by atoms with Gasteiger partial charge in [0.15, 0.2) is 0 Å². The fourth-order valence-electron chi connectivity index (χ4n) is 3.21. The lowest BCUT2D eigenvalue weighted by Crippen LogP contribution is -2.21. The fraction of sp³-hybridized carbons (Fsp3) is 0.222. The predicted octanol–water partition coefficient (Wildman–Crippen LogP) is 5.56. The molecule has 2 aromatic carbocycles. The van der Waals surface area contributed by atoms with Crippen molar-refractivity contribution in [1.82, 2.24) is 0 Å². The molecular weight excluding hydrogens is 248 g/mol. The van der Waals surface area contributed by atoms with Crippen LogP contribution >= 0.6 is 11.3 Å². The molecular formula is C18H16S. The second-order valence-electron chi connectivity index (χ2n) is 5.42. The quantitative estimate of drug-likeness (QED) is 0.568. The SMILES string of the molecule is c1ccc(C2CCC2c2ccc3sccc3c2)cc1. The first kappa shape index (κ1) is 11.2. The smallest absolute Gasteiger partial charge is 0.0342 e. The summed E-state index contributed by atoms with van der Waals surface area (Å²) in [6, 6.07) is 20.2. The van der Waals surface area contributed by atoms with Crippen molar-refractivity contribution in [2.75, 3.05) is 0 Å². The van der Waals surface area contributed by atoms with Gasteiger partial charge in [-0.15, -0.1) is 11.3 Å². The van der Waals surface area contributed by atoms with E-state index < -0.39 is 0 Å². The minimum atomic E-state index is 0.715. The van der Waals surface area contributed by atoms with Crippen LogP contribution in [0.5, 0.6) is 0 Å². The van der Waals surface area contributed by atoms with E-state index >= 15 is 0 Å². The van der Waals surface area contributed by atoms with Crippen molar-refractivity contribution < 1.29 is 0 Å². The maximum atomic E-state index is 2.39. The van der Waals surface area contributed by atoms with Crippen LogP contribution in [0.15, 0.2) is 60.0 Å². The van der Waals surface area contributed by atoms with Crippen molar-refractivity contribution in [1.29, 1.82) is 0 Å². The van der Waals surface area contributed by atoms with Crippen LogP contribution in [0.2, 0.25) is 0 Å². The van der Waals surface area contributed by atoms with Crippen LogP contribution in [0.3, 0.4) is 0 Å². The topological polar surface area (TPSA) is 0 Å². The van der Waals surface area contributed by atoms with Crippen molar-refractivity contribution in [2.45, 2.75) is 24.7 Å². The zero-order valence-corrected chi connectivity index (χ0v) is 11.6. The molecule has 0 N–H and O–H groups in total. The van der Waals surface area contributed by atoms with E-state index in [4.69, 9.17) is 0 Å². The summed E-state index contributed by atoms with van der Waals surface area (Å²) in [5.41, 5.74) is 3.02. The summed E-state index contributed by atoms with van der Waals surface area (Å²) >= 11 is 1.83. The van der Waals surface area contributed by atoms with Crippen LogP contribution in [0, 0.1) is 0 Å². The van der Waals surface area contributed by atoms with Crippen molar-refractivity contribution >= 4 is 21.4 Å². The lowest BCUT2D eigenvalue weighted by Gasteiger charge is -2.37. The van der Waals surface area contributed by atoms with Crippen LogP contribution in [0.1, 0.15) is 35.8 Å². The van der Waals surface area contributed by atoms with Gasteiger partial charge in [-0.3, -0.25) is 0 Å². The minimum absolute atomic E-state index is 0.715. The van der Waals surface area contributed by atoms with Gasteiger partial charge >= 0.3 is 0 Å². The van der Waals surface area contributed by atoms with E-state index in [1.807, 2.05) is 11.3 Å². The maximum absolute atomic E-state index is 2.39. The van der Waals surface area contributed by atoms with Gasteiger partial charge in [0, 0.05) is 4.70 Å². The van der Waals surface area contributed by atoms with Crippen LogP contribution in [-0.4, -0.2) is 0 Å². The summed E-state index contributed by atoms with van der Waals surface area (Å²) in [5.74, 6) is 1.43. The second kappa shape index (κ2) is 4.50. The number of rotatable bonds is 2. The average molecular weight is 264 g/mol. The summed E-state index contributed by atoms with van der Waals surface area (Å²) in [7, 11) is 0. The molecule has 1 aliphatic carbocycles. The van der Waals surface area contributed by atoms with Gasteiger partial charge in [0.25, 0.3) is 0 Å². The molecule has 0 bridgehead atoms. The second-order valence-corrected chi connectivity index (χ2v) is 6.37. The molecule has 1 heterocycles. The van der Waals surface area contributed by atoms with Crippen LogP contribution in [0.4, 0.5) is 0 Å². The van der Waals surface area contributed by atoms with E-state index in [0.29, 0.717) is 5.92 Å². The Morgan fingerprint density at radius 3 is 2.37 bits per heavy atom. The third-order valence-electron chi connectivity index (χ3n) is 4.41. The van der Waals surface area contributed by atoms with Crippen molar-refractivity contribution in [3.63, 3.8) is 0 Å². The molecule has 0 amide bonds. The van der Waals surface area contributed by atoms with Gasteiger partial charge in [-0.2, -0.15) is 0 Å². The van der Waals surface area contributed by atoms with Crippen molar-refractivity contribution in [2.24, 2.45) is 0 Å². The predicted molar refractivity (Wildman–Crippen MR) is 83.0 cm³/mol. The van der Waals surface area contributed by atoms with Gasteiger partial charge in [-0.1, -0.05) is 42.5 Å². The Balaban J connectivity index is 1.68. The molecule has 4 rings (SSSR count). The summed E-state index contributed by atoms with van der Waals surface area (Å²) in [4.78, 5) is 0. The van der Waals surface area contributed by atoms with Crippen molar-refractivity contribution in [3.8, 4) is 0 Å². The zero-order chi connectivity index (χ0) is 12.7. The highest BCUT2D eigenvalue weighted by molar-refractivity contribution is 7.17. The third kappa shape index (κ3) is 1.89. The average Bonchev–Trinajstić information content (AvgIpc) is 2.86. The largest absolute Gasteiger partial charge is 0.144 e. The van der Waals surface area contributed by atoms with E-state index in [-0.39, 0.29) is 0 Å². The highest BCUT2D eigenvalue weighted by atomic mass is 32.1. The monoisotopic (exact) mass is 264 g/mol. The lowest BCUT2D eigenvalue weighted by atomic mass is 9.67. The van der Waals surface area contributed by atoms with Crippen LogP contribution < -0.4 is 0 Å². The molecule has 0 spiro atoms. The van der Waals surface area contributed by atoms with E-state index in [9.17, 15) is 0 Å². The molecule has 1 fully saturated rings. The zero-order valence-electron chi connectivity index (χ0n) is 10.8. The van der Waals surface area contributed by atoms with Gasteiger partial charge < -0.3 is 0 Å². The summed E-state index contributed by atoms with van der Waals surface area (Å²) in [6.07, 6.45) is 2.66. The van der Waals surface area contributed by atoms with Gasteiger partial charge in [0.2, 0.25) is 0 Å². The minimum Gasteiger partial charge on any atom is -0.144 e. The number of hydrogen-bond acceptors (Lipinski definition) is 1. The molecule has 0 radical (unpaired) electrons. The molecule has 1 aromatic heterocycles. The van der Waals surface area contributed by atoms with Crippen LogP contribution in [0.25, 0.3) is 10.1 Å². The Hall–Kier alpha value is -1.60. The molecule has 94 valence electrons. The number of benzene rings is 2. The first-order valence-corrected chi connectivity index (χ1v) is 7.82. The highest BCUT2D eigenvalue weighted by Gasteiger charge is 2.33. The lowest BCUT2D eigenvalue weighted by molar-refractivity contribution is 0.347. The number of hydrogen-bond donors (Lipinski definition) is 0. The summed E-state index contributed by atoms with van der Waals surface area (Å²) < 4.78 is 1.40. The highest BCUT2D eigenvalue weighted by Crippen LogP contribution is 2.49. The Bertz CT molecular complexity index is 696. The van der Waals surface area contributed by atoms with Gasteiger partial charge in [-0.05, 0) is 58.7 Å². The molecule has 2 unspecified atom stereocenters. The Morgan fingerprint density at radius 2 is 1.58 bits per heavy atom. The molecule has 0 saturated heterocycles. The van der Waals surface area contributed by atoms with E-state index in [1.165, 1.54) is 34.1 Å². The molecule has 1 heteroatoms. The van der Waals surface area contributed by atoms with E-state index in [1.54, 1.807) is 0 Å². The molecule has 3 aromatic rings. The first-order valence-electron chi connectivity index (χ1n) is 6.94. The van der Waals surface area contributed by atoms with Crippen LogP contribution in [-0.2, 0) is 0 Å².